The maximum absolute atomic E-state index is 13.1. The molecule has 0 aromatic heterocycles. The summed E-state index contributed by atoms with van der Waals surface area (Å²) < 4.78 is 13.1. The van der Waals surface area contributed by atoms with Crippen LogP contribution in [0.25, 0.3) is 0 Å². The molecule has 1 saturated carbocycles. The molecule has 26 heavy (non-hydrogen) atoms. The molecule has 136 valence electrons. The third kappa shape index (κ3) is 3.88. The van der Waals surface area contributed by atoms with Gasteiger partial charge in [-0.2, -0.15) is 0 Å². The Balaban J connectivity index is 1.46. The van der Waals surface area contributed by atoms with Gasteiger partial charge in [0.05, 0.1) is 0 Å². The summed E-state index contributed by atoms with van der Waals surface area (Å²) in [6, 6.07) is 16.8. The first kappa shape index (κ1) is 17.0. The highest BCUT2D eigenvalue weighted by Crippen LogP contribution is 2.27. The van der Waals surface area contributed by atoms with Crippen LogP contribution in [0.3, 0.4) is 0 Å². The molecule has 1 aliphatic heterocycles. The number of hydrogen-bond acceptors (Lipinski definition) is 3. The topological polar surface area (TPSA) is 35.6 Å². The van der Waals surface area contributed by atoms with Crippen LogP contribution in [0.5, 0.6) is 0 Å². The van der Waals surface area contributed by atoms with Crippen LogP contribution < -0.4 is 10.2 Å². The zero-order valence-electron chi connectivity index (χ0n) is 14.8. The van der Waals surface area contributed by atoms with E-state index < -0.39 is 0 Å². The van der Waals surface area contributed by atoms with E-state index in [0.29, 0.717) is 6.04 Å². The Kier molecular flexibility index (Phi) is 4.89. The van der Waals surface area contributed by atoms with Gasteiger partial charge < -0.3 is 10.2 Å². The number of carbonyl (C=O) groups is 1. The zero-order chi connectivity index (χ0) is 17.9. The van der Waals surface area contributed by atoms with Crippen molar-refractivity contribution in [1.29, 1.82) is 0 Å². The average molecular weight is 353 g/mol. The van der Waals surface area contributed by atoms with Gasteiger partial charge in [-0.1, -0.05) is 30.3 Å². The third-order valence-corrected chi connectivity index (χ3v) is 5.16. The number of amides is 1. The van der Waals surface area contributed by atoms with Gasteiger partial charge in [-0.25, -0.2) is 4.39 Å². The fourth-order valence-corrected chi connectivity index (χ4v) is 3.56. The van der Waals surface area contributed by atoms with Gasteiger partial charge in [0.15, 0.2) is 0 Å². The fraction of sp³-hybridized carbons (Fsp3) is 0.381. The number of anilines is 1. The van der Waals surface area contributed by atoms with Crippen LogP contribution in [0.2, 0.25) is 0 Å². The van der Waals surface area contributed by atoms with E-state index in [1.807, 2.05) is 42.5 Å². The number of halogens is 1. The standard InChI is InChI=1S/C21H24FN3O/c22-17-6-10-19(11-7-17)24-12-14-25(15-13-24)20(16-4-2-1-3-5-16)21(26)23-18-8-9-18/h1-7,10-11,18,20H,8-9,12-15H2,(H,23,26)/t20-/m0/s1. The molecule has 2 fully saturated rings. The first-order chi connectivity index (χ1) is 12.7. The van der Waals surface area contributed by atoms with Crippen molar-refractivity contribution in [3.8, 4) is 0 Å². The number of nitrogens with one attached hydrogen (secondary N) is 1. The quantitative estimate of drug-likeness (QED) is 0.898. The second-order valence-electron chi connectivity index (χ2n) is 7.10. The van der Waals surface area contributed by atoms with Crippen LogP contribution in [-0.2, 0) is 4.79 Å². The summed E-state index contributed by atoms with van der Waals surface area (Å²) in [6.07, 6.45) is 2.18. The molecule has 2 aliphatic rings. The van der Waals surface area contributed by atoms with Crippen molar-refractivity contribution in [3.05, 3.63) is 66.0 Å². The summed E-state index contributed by atoms with van der Waals surface area (Å²) in [6.45, 7) is 3.25. The van der Waals surface area contributed by atoms with E-state index in [0.717, 1.165) is 50.3 Å². The van der Waals surface area contributed by atoms with Gasteiger partial charge in [-0.05, 0) is 42.7 Å². The highest BCUT2D eigenvalue weighted by atomic mass is 19.1. The summed E-state index contributed by atoms with van der Waals surface area (Å²) >= 11 is 0. The molecule has 4 nitrogen and oxygen atoms in total. The molecule has 1 saturated heterocycles. The minimum atomic E-state index is -0.243. The lowest BCUT2D eigenvalue weighted by molar-refractivity contribution is -0.127. The second kappa shape index (κ2) is 7.46. The van der Waals surface area contributed by atoms with Gasteiger partial charge in [-0.15, -0.1) is 0 Å². The van der Waals surface area contributed by atoms with E-state index in [1.165, 1.54) is 12.1 Å². The lowest BCUT2D eigenvalue weighted by Gasteiger charge is -2.39. The average Bonchev–Trinajstić information content (AvgIpc) is 3.48. The Hall–Kier alpha value is -2.40. The van der Waals surface area contributed by atoms with Crippen molar-refractivity contribution >= 4 is 11.6 Å². The maximum atomic E-state index is 13.1. The number of nitrogens with zero attached hydrogens (tertiary/aromatic N) is 2. The molecule has 1 N–H and O–H groups in total. The SMILES string of the molecule is O=C(NC1CC1)[C@H](c1ccccc1)N1CCN(c2ccc(F)cc2)CC1. The van der Waals surface area contributed by atoms with E-state index in [1.54, 1.807) is 0 Å². The minimum Gasteiger partial charge on any atom is -0.369 e. The van der Waals surface area contributed by atoms with Crippen LogP contribution in [0, 0.1) is 5.82 Å². The Morgan fingerprint density at radius 3 is 2.23 bits per heavy atom. The van der Waals surface area contributed by atoms with Gasteiger partial charge in [0.1, 0.15) is 11.9 Å². The molecule has 4 rings (SSSR count). The lowest BCUT2D eigenvalue weighted by Crippen LogP contribution is -2.51. The minimum absolute atomic E-state index is 0.105. The van der Waals surface area contributed by atoms with E-state index >= 15 is 0 Å². The number of hydrogen-bond donors (Lipinski definition) is 1. The molecule has 0 bridgehead atoms. The third-order valence-electron chi connectivity index (χ3n) is 5.16. The van der Waals surface area contributed by atoms with E-state index in [4.69, 9.17) is 0 Å². The van der Waals surface area contributed by atoms with Gasteiger partial charge in [0.2, 0.25) is 5.91 Å². The molecule has 1 atom stereocenters. The molecule has 1 aliphatic carbocycles. The van der Waals surface area contributed by atoms with Gasteiger partial charge in [0, 0.05) is 37.9 Å². The molecular formula is C21H24FN3O. The van der Waals surface area contributed by atoms with Gasteiger partial charge in [-0.3, -0.25) is 9.69 Å². The van der Waals surface area contributed by atoms with E-state index in [-0.39, 0.29) is 17.8 Å². The molecule has 0 unspecified atom stereocenters. The van der Waals surface area contributed by atoms with Gasteiger partial charge >= 0.3 is 0 Å². The van der Waals surface area contributed by atoms with Gasteiger partial charge in [0.25, 0.3) is 0 Å². The van der Waals surface area contributed by atoms with Crippen LogP contribution in [0.1, 0.15) is 24.4 Å². The van der Waals surface area contributed by atoms with Crippen molar-refractivity contribution in [1.82, 2.24) is 10.2 Å². The van der Waals surface area contributed by atoms with Crippen LogP contribution in [-0.4, -0.2) is 43.0 Å². The molecule has 0 radical (unpaired) electrons. The Bertz CT molecular complexity index is 738. The Morgan fingerprint density at radius 1 is 0.962 bits per heavy atom. The normalized spacial score (nSPS) is 19.2. The fourth-order valence-electron chi connectivity index (χ4n) is 3.56. The largest absolute Gasteiger partial charge is 0.369 e. The molecule has 5 heteroatoms. The summed E-state index contributed by atoms with van der Waals surface area (Å²) in [7, 11) is 0. The number of rotatable bonds is 5. The summed E-state index contributed by atoms with van der Waals surface area (Å²) in [4.78, 5) is 17.4. The van der Waals surface area contributed by atoms with E-state index in [9.17, 15) is 9.18 Å². The van der Waals surface area contributed by atoms with Crippen LogP contribution in [0.4, 0.5) is 10.1 Å². The first-order valence-corrected chi connectivity index (χ1v) is 9.30. The van der Waals surface area contributed by atoms with Crippen LogP contribution >= 0.6 is 0 Å². The molecule has 1 heterocycles. The predicted molar refractivity (Wildman–Crippen MR) is 101 cm³/mol. The Labute approximate surface area is 153 Å². The van der Waals surface area contributed by atoms with Crippen LogP contribution in [0.15, 0.2) is 54.6 Å². The molecule has 2 aromatic rings. The summed E-state index contributed by atoms with van der Waals surface area (Å²) in [5.41, 5.74) is 2.07. The van der Waals surface area contributed by atoms with Crippen molar-refractivity contribution in [2.75, 3.05) is 31.1 Å². The lowest BCUT2D eigenvalue weighted by atomic mass is 10.0. The zero-order valence-corrected chi connectivity index (χ0v) is 14.8. The Morgan fingerprint density at radius 2 is 1.62 bits per heavy atom. The molecule has 1 amide bonds. The smallest absolute Gasteiger partial charge is 0.242 e. The number of benzene rings is 2. The van der Waals surface area contributed by atoms with Crippen molar-refractivity contribution < 1.29 is 9.18 Å². The number of piperazine rings is 1. The molecular weight excluding hydrogens is 329 g/mol. The highest BCUT2D eigenvalue weighted by Gasteiger charge is 2.33. The second-order valence-corrected chi connectivity index (χ2v) is 7.10. The molecule has 2 aromatic carbocycles. The molecule has 0 spiro atoms. The summed E-state index contributed by atoms with van der Waals surface area (Å²) in [5.74, 6) is -0.109. The van der Waals surface area contributed by atoms with Crippen molar-refractivity contribution in [2.45, 2.75) is 24.9 Å². The van der Waals surface area contributed by atoms with Crippen molar-refractivity contribution in [3.63, 3.8) is 0 Å². The first-order valence-electron chi connectivity index (χ1n) is 9.30. The monoisotopic (exact) mass is 353 g/mol. The highest BCUT2D eigenvalue weighted by molar-refractivity contribution is 5.83. The maximum Gasteiger partial charge on any atom is 0.242 e. The predicted octanol–water partition coefficient (Wildman–Crippen LogP) is 2.97. The number of carbonyl (C=O) groups excluding carboxylic acids is 1. The van der Waals surface area contributed by atoms with E-state index in [2.05, 4.69) is 15.1 Å². The van der Waals surface area contributed by atoms with Crippen molar-refractivity contribution in [2.24, 2.45) is 0 Å². The summed E-state index contributed by atoms with van der Waals surface area (Å²) in [5, 5.41) is 3.16.